The Morgan fingerprint density at radius 3 is 2.39 bits per heavy atom. The monoisotopic (exact) mass is 344 g/mol. The van der Waals surface area contributed by atoms with Crippen molar-refractivity contribution in [2.24, 2.45) is 0 Å². The number of anilines is 1. The number of methoxy groups -OCH3 is 1. The molecule has 0 aliphatic heterocycles. The largest absolute Gasteiger partial charge is 0.495 e. The van der Waals surface area contributed by atoms with Gasteiger partial charge in [-0.25, -0.2) is 8.42 Å². The number of hydrogen-bond donors (Lipinski definition) is 2. The molecule has 2 N–H and O–H groups in total. The zero-order chi connectivity index (χ0) is 17.8. The molecule has 128 valence electrons. The van der Waals surface area contributed by atoms with Gasteiger partial charge in [-0.2, -0.15) is 4.31 Å². The highest BCUT2D eigenvalue weighted by molar-refractivity contribution is 7.89. The van der Waals surface area contributed by atoms with Crippen LogP contribution in [0.5, 0.6) is 5.75 Å². The summed E-state index contributed by atoms with van der Waals surface area (Å²) < 4.78 is 31.5. The summed E-state index contributed by atoms with van der Waals surface area (Å²) in [6.45, 7) is 3.77. The van der Waals surface area contributed by atoms with Gasteiger partial charge in [-0.3, -0.25) is 9.59 Å². The Labute approximate surface area is 135 Å². The van der Waals surface area contributed by atoms with Crippen LogP contribution in [0, 0.1) is 0 Å². The topological polar surface area (TPSA) is 113 Å². The number of carboxylic acid groups (broad SMARTS) is 1. The Balaban J connectivity index is 3.44. The van der Waals surface area contributed by atoms with Gasteiger partial charge in [-0.05, 0) is 32.0 Å². The van der Waals surface area contributed by atoms with Crippen LogP contribution < -0.4 is 10.1 Å². The van der Waals surface area contributed by atoms with E-state index >= 15 is 0 Å². The Kier molecular flexibility index (Phi) is 6.11. The fourth-order valence-electron chi connectivity index (χ4n) is 1.96. The summed E-state index contributed by atoms with van der Waals surface area (Å²) in [6.07, 6.45) is 0. The molecule has 0 saturated carbocycles. The van der Waals surface area contributed by atoms with Crippen LogP contribution in [-0.2, 0) is 19.6 Å². The van der Waals surface area contributed by atoms with Gasteiger partial charge in [-0.1, -0.05) is 0 Å². The lowest BCUT2D eigenvalue weighted by molar-refractivity contribution is -0.137. The van der Waals surface area contributed by atoms with Crippen LogP contribution in [0.2, 0.25) is 0 Å². The summed E-state index contributed by atoms with van der Waals surface area (Å²) in [5.74, 6) is -1.56. The lowest BCUT2D eigenvalue weighted by Gasteiger charge is -2.25. The molecule has 1 amide bonds. The van der Waals surface area contributed by atoms with Crippen molar-refractivity contribution in [1.29, 1.82) is 0 Å². The van der Waals surface area contributed by atoms with E-state index in [0.29, 0.717) is 0 Å². The molecule has 0 unspecified atom stereocenters. The molecule has 23 heavy (non-hydrogen) atoms. The maximum absolute atomic E-state index is 12.8. The van der Waals surface area contributed by atoms with Crippen molar-refractivity contribution in [2.45, 2.75) is 31.7 Å². The second kappa shape index (κ2) is 7.42. The number of sulfonamides is 1. The zero-order valence-electron chi connectivity index (χ0n) is 13.4. The maximum Gasteiger partial charge on any atom is 0.318 e. The predicted octanol–water partition coefficient (Wildman–Crippen LogP) is 1.14. The number of carbonyl (C=O) groups is 2. The highest BCUT2D eigenvalue weighted by Crippen LogP contribution is 2.30. The Morgan fingerprint density at radius 1 is 1.35 bits per heavy atom. The Hall–Kier alpha value is -2.13. The van der Waals surface area contributed by atoms with Gasteiger partial charge < -0.3 is 15.2 Å². The first-order chi connectivity index (χ1) is 10.6. The Morgan fingerprint density at radius 2 is 1.96 bits per heavy atom. The molecular weight excluding hydrogens is 324 g/mol. The molecule has 0 bridgehead atoms. The molecule has 1 aromatic rings. The summed E-state index contributed by atoms with van der Waals surface area (Å²) in [4.78, 5) is 21.9. The van der Waals surface area contributed by atoms with E-state index in [2.05, 4.69) is 5.32 Å². The lowest BCUT2D eigenvalue weighted by Crippen LogP contribution is -2.40. The van der Waals surface area contributed by atoms with Crippen LogP contribution in [0.25, 0.3) is 0 Å². The summed E-state index contributed by atoms with van der Waals surface area (Å²) in [5, 5.41) is 11.4. The minimum Gasteiger partial charge on any atom is -0.495 e. The summed E-state index contributed by atoms with van der Waals surface area (Å²) in [5.41, 5.74) is 0.274. The van der Waals surface area contributed by atoms with E-state index in [1.165, 1.54) is 32.2 Å². The minimum absolute atomic E-state index is 0.0649. The smallest absolute Gasteiger partial charge is 0.318 e. The lowest BCUT2D eigenvalue weighted by atomic mass is 10.3. The predicted molar refractivity (Wildman–Crippen MR) is 84.0 cm³/mol. The van der Waals surface area contributed by atoms with Gasteiger partial charge in [0.05, 0.1) is 7.11 Å². The van der Waals surface area contributed by atoms with Crippen molar-refractivity contribution < 1.29 is 27.9 Å². The molecule has 0 heterocycles. The van der Waals surface area contributed by atoms with E-state index < -0.39 is 28.6 Å². The fourth-order valence-corrected chi connectivity index (χ4v) is 3.73. The molecule has 1 rings (SSSR count). The number of carbonyl (C=O) groups excluding carboxylic acids is 1. The maximum atomic E-state index is 12.8. The molecule has 8 nitrogen and oxygen atoms in total. The van der Waals surface area contributed by atoms with Gasteiger partial charge in [0.25, 0.3) is 0 Å². The summed E-state index contributed by atoms with van der Waals surface area (Å²) >= 11 is 0. The fraction of sp³-hybridized carbons (Fsp3) is 0.429. The second-order valence-electron chi connectivity index (χ2n) is 5.08. The number of rotatable bonds is 7. The second-order valence-corrected chi connectivity index (χ2v) is 6.94. The highest BCUT2D eigenvalue weighted by Gasteiger charge is 2.31. The van der Waals surface area contributed by atoms with Crippen LogP contribution in [0.1, 0.15) is 20.8 Å². The van der Waals surface area contributed by atoms with Crippen LogP contribution in [0.4, 0.5) is 5.69 Å². The van der Waals surface area contributed by atoms with Crippen molar-refractivity contribution in [2.75, 3.05) is 19.0 Å². The first-order valence-corrected chi connectivity index (χ1v) is 8.23. The molecule has 0 aliphatic rings. The molecule has 0 atom stereocenters. The number of hydrogen-bond acceptors (Lipinski definition) is 5. The van der Waals surface area contributed by atoms with E-state index in [-0.39, 0.29) is 22.2 Å². The van der Waals surface area contributed by atoms with Crippen molar-refractivity contribution in [3.8, 4) is 5.75 Å². The number of carboxylic acids is 1. The van der Waals surface area contributed by atoms with Crippen molar-refractivity contribution in [3.63, 3.8) is 0 Å². The average Bonchev–Trinajstić information content (AvgIpc) is 2.43. The first-order valence-electron chi connectivity index (χ1n) is 6.78. The molecule has 9 heteroatoms. The van der Waals surface area contributed by atoms with Gasteiger partial charge in [-0.15, -0.1) is 0 Å². The molecule has 0 radical (unpaired) electrons. The van der Waals surface area contributed by atoms with E-state index in [0.717, 1.165) is 4.31 Å². The van der Waals surface area contributed by atoms with Gasteiger partial charge in [0.2, 0.25) is 15.9 Å². The van der Waals surface area contributed by atoms with Crippen molar-refractivity contribution in [1.82, 2.24) is 4.31 Å². The average molecular weight is 344 g/mol. The molecule has 0 spiro atoms. The van der Waals surface area contributed by atoms with Crippen LogP contribution in [0.15, 0.2) is 23.1 Å². The van der Waals surface area contributed by atoms with Gasteiger partial charge in [0.1, 0.15) is 17.2 Å². The van der Waals surface area contributed by atoms with E-state index in [9.17, 15) is 18.0 Å². The SMILES string of the molecule is COc1ccc(NC(C)=O)cc1S(=O)(=O)N(CC(=O)O)C(C)C. The third-order valence-electron chi connectivity index (χ3n) is 2.94. The van der Waals surface area contributed by atoms with Crippen LogP contribution >= 0.6 is 0 Å². The first kappa shape index (κ1) is 18.9. The van der Waals surface area contributed by atoms with Crippen LogP contribution in [-0.4, -0.2) is 49.4 Å². The Bertz CT molecular complexity index is 699. The van der Waals surface area contributed by atoms with Crippen molar-refractivity contribution in [3.05, 3.63) is 18.2 Å². The van der Waals surface area contributed by atoms with Crippen molar-refractivity contribution >= 4 is 27.6 Å². The van der Waals surface area contributed by atoms with Gasteiger partial charge >= 0.3 is 5.97 Å². The normalized spacial score (nSPS) is 11.6. The summed E-state index contributed by atoms with van der Waals surface area (Å²) in [6, 6.07) is 3.57. The van der Waals surface area contributed by atoms with E-state index in [1.54, 1.807) is 13.8 Å². The number of nitrogens with one attached hydrogen (secondary N) is 1. The molecule has 0 aromatic heterocycles. The molecule has 0 aliphatic carbocycles. The molecule has 0 saturated heterocycles. The summed E-state index contributed by atoms with van der Waals surface area (Å²) in [7, 11) is -2.81. The standard InChI is InChI=1S/C14H20N2O6S/c1-9(2)16(8-14(18)19)23(20,21)13-7-11(15-10(3)17)5-6-12(13)22-4/h5-7,9H,8H2,1-4H3,(H,15,17)(H,18,19). The molecular formula is C14H20N2O6S. The highest BCUT2D eigenvalue weighted by atomic mass is 32.2. The minimum atomic E-state index is -4.12. The number of aliphatic carboxylic acids is 1. The van der Waals surface area contributed by atoms with Gasteiger partial charge in [0, 0.05) is 18.7 Å². The van der Waals surface area contributed by atoms with Gasteiger partial charge in [0.15, 0.2) is 0 Å². The molecule has 1 aromatic carbocycles. The zero-order valence-corrected chi connectivity index (χ0v) is 14.2. The van der Waals surface area contributed by atoms with Crippen LogP contribution in [0.3, 0.4) is 0 Å². The number of nitrogens with zero attached hydrogens (tertiary/aromatic N) is 1. The quantitative estimate of drug-likeness (QED) is 0.767. The third-order valence-corrected chi connectivity index (χ3v) is 4.98. The molecule has 0 fully saturated rings. The van der Waals surface area contributed by atoms with E-state index in [1.807, 2.05) is 0 Å². The van der Waals surface area contributed by atoms with E-state index in [4.69, 9.17) is 9.84 Å². The number of ether oxygens (including phenoxy) is 1. The third kappa shape index (κ3) is 4.67. The number of amides is 1. The number of benzene rings is 1.